The predicted molar refractivity (Wildman–Crippen MR) is 82.8 cm³/mol. The molecule has 0 saturated heterocycles. The van der Waals surface area contributed by atoms with E-state index in [0.717, 1.165) is 24.5 Å². The van der Waals surface area contributed by atoms with Crippen LogP contribution in [0.15, 0.2) is 40.4 Å². The normalized spacial score (nSPS) is 11.8. The number of carbonyl (C=O) groups excluding carboxylic acids is 1. The molecule has 0 radical (unpaired) electrons. The molecule has 6 nitrogen and oxygen atoms in total. The van der Waals surface area contributed by atoms with Crippen molar-refractivity contribution in [2.75, 3.05) is 12.5 Å². The van der Waals surface area contributed by atoms with Crippen molar-refractivity contribution in [1.82, 2.24) is 4.98 Å². The van der Waals surface area contributed by atoms with Crippen molar-refractivity contribution in [3.8, 4) is 0 Å². The maximum atomic E-state index is 13.4. The second kappa shape index (κ2) is 7.35. The smallest absolute Gasteiger partial charge is 0.354 e. The average Bonchev–Trinajstić information content (AvgIpc) is 3.02. The topological polar surface area (TPSA) is 88.6 Å². The largest absolute Gasteiger partial charge is 0.461 e. The van der Waals surface area contributed by atoms with Gasteiger partial charge in [-0.15, -0.1) is 0 Å². The third-order valence-corrected chi connectivity index (χ3v) is 4.41. The molecule has 0 unspecified atom stereocenters. The Morgan fingerprint density at radius 1 is 1.38 bits per heavy atom. The van der Waals surface area contributed by atoms with Gasteiger partial charge in [-0.05, 0) is 19.1 Å². The Morgan fingerprint density at radius 3 is 2.83 bits per heavy atom. The maximum Gasteiger partial charge on any atom is 0.354 e. The molecule has 0 bridgehead atoms. The highest BCUT2D eigenvalue weighted by Crippen LogP contribution is 2.14. The lowest BCUT2D eigenvalue weighted by Gasteiger charge is -1.99. The van der Waals surface area contributed by atoms with Crippen LogP contribution in [-0.2, 0) is 14.6 Å². The van der Waals surface area contributed by atoms with Gasteiger partial charge < -0.3 is 9.72 Å². The molecule has 1 aromatic carbocycles. The van der Waals surface area contributed by atoms with Crippen LogP contribution in [0.5, 0.6) is 0 Å². The summed E-state index contributed by atoms with van der Waals surface area (Å²) >= 11 is 0. The number of rotatable bonds is 6. The Kier molecular flexibility index (Phi) is 5.45. The van der Waals surface area contributed by atoms with Crippen LogP contribution in [0.25, 0.3) is 0 Å². The van der Waals surface area contributed by atoms with E-state index in [2.05, 4.69) is 9.98 Å². The van der Waals surface area contributed by atoms with Gasteiger partial charge >= 0.3 is 5.97 Å². The summed E-state index contributed by atoms with van der Waals surface area (Å²) in [6, 6.07) is 4.63. The van der Waals surface area contributed by atoms with Crippen LogP contribution in [0.3, 0.4) is 0 Å². The summed E-state index contributed by atoms with van der Waals surface area (Å²) < 4.78 is 55.5. The first-order valence-electron chi connectivity index (χ1n) is 6.87. The number of nitrogens with one attached hydrogen (secondary N) is 1. The average molecular weight is 356 g/mol. The molecule has 0 spiro atoms. The van der Waals surface area contributed by atoms with E-state index in [1.165, 1.54) is 12.1 Å². The van der Waals surface area contributed by atoms with E-state index < -0.39 is 33.3 Å². The molecule has 0 fully saturated rings. The maximum absolute atomic E-state index is 13.4. The summed E-state index contributed by atoms with van der Waals surface area (Å²) in [5.74, 6) is -3.51. The number of H-pyrrole nitrogens is 1. The Bertz CT molecular complexity index is 875. The van der Waals surface area contributed by atoms with Gasteiger partial charge in [0.2, 0.25) is 0 Å². The van der Waals surface area contributed by atoms with Crippen LogP contribution in [0.4, 0.5) is 8.78 Å². The number of aliphatic imine (C=N–C) groups is 1. The van der Waals surface area contributed by atoms with Crippen LogP contribution in [0.1, 0.15) is 23.0 Å². The molecule has 0 amide bonds. The summed E-state index contributed by atoms with van der Waals surface area (Å²) in [5, 5.41) is 0. The van der Waals surface area contributed by atoms with Crippen LogP contribution in [0, 0.1) is 11.6 Å². The minimum absolute atomic E-state index is 0.00409. The molecule has 1 heterocycles. The highest BCUT2D eigenvalue weighted by Gasteiger charge is 2.18. The van der Waals surface area contributed by atoms with E-state index in [9.17, 15) is 22.0 Å². The van der Waals surface area contributed by atoms with E-state index >= 15 is 0 Å². The number of benzene rings is 1. The van der Waals surface area contributed by atoms with Gasteiger partial charge in [0, 0.05) is 18.0 Å². The van der Waals surface area contributed by atoms with E-state index in [1.54, 1.807) is 6.92 Å². The fourth-order valence-corrected chi connectivity index (χ4v) is 2.76. The summed E-state index contributed by atoms with van der Waals surface area (Å²) in [5.41, 5.74) is -0.165. The van der Waals surface area contributed by atoms with Gasteiger partial charge in [-0.2, -0.15) is 0 Å². The predicted octanol–water partition coefficient (Wildman–Crippen LogP) is 2.32. The first-order chi connectivity index (χ1) is 11.3. The number of nitrogens with zero attached hydrogens (tertiary/aromatic N) is 1. The Labute approximate surface area is 137 Å². The van der Waals surface area contributed by atoms with Gasteiger partial charge in [0.05, 0.1) is 11.5 Å². The third kappa shape index (κ3) is 4.05. The molecule has 2 rings (SSSR count). The number of halogens is 2. The fraction of sp³-hybridized carbons (Fsp3) is 0.200. The van der Waals surface area contributed by atoms with Crippen LogP contribution in [-0.4, -0.2) is 38.1 Å². The Hall–Kier alpha value is -2.55. The summed E-state index contributed by atoms with van der Waals surface area (Å²) in [6.45, 7) is 1.78. The Balaban J connectivity index is 2.13. The van der Waals surface area contributed by atoms with Gasteiger partial charge in [-0.25, -0.2) is 22.0 Å². The molecule has 0 atom stereocenters. The van der Waals surface area contributed by atoms with Crippen LogP contribution in [0.2, 0.25) is 0 Å². The van der Waals surface area contributed by atoms with Gasteiger partial charge in [0.1, 0.15) is 11.6 Å². The minimum atomic E-state index is -3.83. The molecule has 0 aliphatic rings. The van der Waals surface area contributed by atoms with Gasteiger partial charge in [0.15, 0.2) is 21.5 Å². The number of esters is 1. The summed E-state index contributed by atoms with van der Waals surface area (Å²) in [4.78, 5) is 17.5. The minimum Gasteiger partial charge on any atom is -0.461 e. The molecular formula is C15H14F2N2O4S. The lowest BCUT2D eigenvalue weighted by Crippen LogP contribution is -2.06. The number of sulfone groups is 1. The van der Waals surface area contributed by atoms with Crippen molar-refractivity contribution < 1.29 is 26.7 Å². The van der Waals surface area contributed by atoms with Crippen molar-refractivity contribution in [3.63, 3.8) is 0 Å². The first kappa shape index (κ1) is 17.8. The van der Waals surface area contributed by atoms with Gasteiger partial charge in [-0.1, -0.05) is 12.1 Å². The number of hydrogen-bond donors (Lipinski definition) is 1. The van der Waals surface area contributed by atoms with E-state index in [1.807, 2.05) is 0 Å². The molecule has 1 aromatic heterocycles. The van der Waals surface area contributed by atoms with Crippen molar-refractivity contribution in [2.45, 2.75) is 11.8 Å². The SMILES string of the molecule is CCOC(=O)c1cc(S(=O)(=O)CN=Cc2cccc(F)c2F)c[nH]1. The summed E-state index contributed by atoms with van der Waals surface area (Å²) in [7, 11) is -3.83. The molecule has 0 saturated carbocycles. The van der Waals surface area contributed by atoms with Crippen molar-refractivity contribution in [1.29, 1.82) is 0 Å². The first-order valence-corrected chi connectivity index (χ1v) is 8.52. The van der Waals surface area contributed by atoms with Gasteiger partial charge in [-0.3, -0.25) is 4.99 Å². The van der Waals surface area contributed by atoms with Gasteiger partial charge in [0.25, 0.3) is 0 Å². The molecule has 24 heavy (non-hydrogen) atoms. The fourth-order valence-electron chi connectivity index (χ4n) is 1.81. The second-order valence-electron chi connectivity index (χ2n) is 4.67. The molecule has 128 valence electrons. The standard InChI is InChI=1S/C15H14F2N2O4S/c1-2-23-15(20)13-6-11(8-19-13)24(21,22)9-18-7-10-4-3-5-12(16)14(10)17/h3-8,19H,2,9H2,1H3. The highest BCUT2D eigenvalue weighted by atomic mass is 32.2. The zero-order valence-electron chi connectivity index (χ0n) is 12.6. The summed E-state index contributed by atoms with van der Waals surface area (Å²) in [6.07, 6.45) is 2.08. The Morgan fingerprint density at radius 2 is 2.12 bits per heavy atom. The number of carbonyl (C=O) groups is 1. The van der Waals surface area contributed by atoms with E-state index in [0.29, 0.717) is 0 Å². The zero-order chi connectivity index (χ0) is 17.7. The van der Waals surface area contributed by atoms with E-state index in [-0.39, 0.29) is 22.8 Å². The quantitative estimate of drug-likeness (QED) is 0.635. The number of hydrogen-bond acceptors (Lipinski definition) is 5. The lowest BCUT2D eigenvalue weighted by molar-refractivity contribution is 0.0520. The van der Waals surface area contributed by atoms with Crippen LogP contribution < -0.4 is 0 Å². The zero-order valence-corrected chi connectivity index (χ0v) is 13.4. The third-order valence-electron chi connectivity index (χ3n) is 2.97. The molecule has 0 aliphatic heterocycles. The van der Waals surface area contributed by atoms with Crippen molar-refractivity contribution >= 4 is 22.0 Å². The monoisotopic (exact) mass is 356 g/mol. The molecule has 2 aromatic rings. The highest BCUT2D eigenvalue weighted by molar-refractivity contribution is 7.91. The number of aromatic amines is 1. The molecule has 9 heteroatoms. The molecule has 1 N–H and O–H groups in total. The van der Waals surface area contributed by atoms with Crippen molar-refractivity contribution in [2.24, 2.45) is 4.99 Å². The van der Waals surface area contributed by atoms with Crippen LogP contribution >= 0.6 is 0 Å². The molecular weight excluding hydrogens is 342 g/mol. The second-order valence-corrected chi connectivity index (χ2v) is 6.63. The number of aromatic nitrogens is 1. The molecule has 0 aliphatic carbocycles. The van der Waals surface area contributed by atoms with E-state index in [4.69, 9.17) is 4.74 Å². The van der Waals surface area contributed by atoms with Crippen molar-refractivity contribution in [3.05, 3.63) is 53.4 Å². The number of ether oxygens (including phenoxy) is 1. The lowest BCUT2D eigenvalue weighted by atomic mass is 10.2.